The second-order valence-electron chi connectivity index (χ2n) is 4.42. The van der Waals surface area contributed by atoms with E-state index in [1.54, 1.807) is 18.2 Å². The van der Waals surface area contributed by atoms with Gasteiger partial charge >= 0.3 is 12.0 Å². The van der Waals surface area contributed by atoms with Gasteiger partial charge in [0.2, 0.25) is 0 Å². The van der Waals surface area contributed by atoms with Gasteiger partial charge in [0.1, 0.15) is 6.04 Å². The van der Waals surface area contributed by atoms with Gasteiger partial charge in [-0.05, 0) is 12.1 Å². The van der Waals surface area contributed by atoms with E-state index in [4.69, 9.17) is 28.3 Å². The van der Waals surface area contributed by atoms with Crippen molar-refractivity contribution in [3.05, 3.63) is 28.2 Å². The van der Waals surface area contributed by atoms with Crippen LogP contribution in [-0.4, -0.2) is 45.8 Å². The number of carbonyl (C=O) groups excluding carboxylic acids is 1. The van der Waals surface area contributed by atoms with Crippen molar-refractivity contribution in [1.82, 2.24) is 4.90 Å². The highest BCUT2D eigenvalue weighted by Gasteiger charge is 2.39. The van der Waals surface area contributed by atoms with Crippen molar-refractivity contribution >= 4 is 40.9 Å². The molecule has 0 saturated carbocycles. The fraction of sp³-hybridized carbons (Fsp3) is 0.333. The Hall–Kier alpha value is -1.50. The van der Waals surface area contributed by atoms with Crippen molar-refractivity contribution in [2.45, 2.75) is 18.6 Å². The molecule has 1 heterocycles. The largest absolute Gasteiger partial charge is 0.480 e. The first kappa shape index (κ1) is 14.9. The van der Waals surface area contributed by atoms with Gasteiger partial charge in [-0.2, -0.15) is 0 Å². The monoisotopic (exact) mass is 318 g/mol. The third kappa shape index (κ3) is 2.98. The van der Waals surface area contributed by atoms with Crippen LogP contribution in [0.5, 0.6) is 0 Å². The molecule has 0 aliphatic carbocycles. The van der Waals surface area contributed by atoms with Crippen LogP contribution in [0.1, 0.15) is 6.42 Å². The first-order chi connectivity index (χ1) is 9.40. The van der Waals surface area contributed by atoms with E-state index in [-0.39, 0.29) is 28.7 Å². The van der Waals surface area contributed by atoms with Gasteiger partial charge in [-0.3, -0.25) is 0 Å². The maximum absolute atomic E-state index is 12.1. The van der Waals surface area contributed by atoms with Crippen LogP contribution in [0.3, 0.4) is 0 Å². The fourth-order valence-corrected chi connectivity index (χ4v) is 2.56. The van der Waals surface area contributed by atoms with E-state index in [0.717, 1.165) is 4.90 Å². The molecule has 3 N–H and O–H groups in total. The van der Waals surface area contributed by atoms with Crippen LogP contribution >= 0.6 is 23.2 Å². The number of benzene rings is 1. The van der Waals surface area contributed by atoms with Crippen molar-refractivity contribution in [2.24, 2.45) is 0 Å². The van der Waals surface area contributed by atoms with Gasteiger partial charge in [-0.15, -0.1) is 0 Å². The van der Waals surface area contributed by atoms with Crippen LogP contribution in [0.25, 0.3) is 0 Å². The molecule has 2 atom stereocenters. The van der Waals surface area contributed by atoms with Gasteiger partial charge in [0.15, 0.2) is 0 Å². The molecule has 0 radical (unpaired) electrons. The predicted octanol–water partition coefficient (Wildman–Crippen LogP) is 2.05. The Bertz CT molecular complexity index is 532. The number of halogens is 2. The van der Waals surface area contributed by atoms with Gasteiger partial charge in [-0.25, -0.2) is 9.59 Å². The van der Waals surface area contributed by atoms with Crippen LogP contribution in [0, 0.1) is 0 Å². The summed E-state index contributed by atoms with van der Waals surface area (Å²) in [7, 11) is 0. The van der Waals surface area contributed by atoms with E-state index in [1.165, 1.54) is 0 Å². The summed E-state index contributed by atoms with van der Waals surface area (Å²) in [6.07, 6.45) is -0.859. The molecule has 2 rings (SSSR count). The second-order valence-corrected chi connectivity index (χ2v) is 5.24. The number of aliphatic hydroxyl groups excluding tert-OH is 1. The van der Waals surface area contributed by atoms with Crippen molar-refractivity contribution in [2.75, 3.05) is 11.9 Å². The van der Waals surface area contributed by atoms with Crippen molar-refractivity contribution < 1.29 is 19.8 Å². The first-order valence-corrected chi connectivity index (χ1v) is 6.58. The lowest BCUT2D eigenvalue weighted by atomic mass is 10.2. The topological polar surface area (TPSA) is 89.9 Å². The van der Waals surface area contributed by atoms with E-state index in [0.29, 0.717) is 0 Å². The highest BCUT2D eigenvalue weighted by atomic mass is 35.5. The number of para-hydroxylation sites is 1. The summed E-state index contributed by atoms with van der Waals surface area (Å²) in [5.41, 5.74) is 0.214. The lowest BCUT2D eigenvalue weighted by molar-refractivity contribution is -0.141. The molecule has 8 heteroatoms. The number of nitrogens with zero attached hydrogens (tertiary/aromatic N) is 1. The average Bonchev–Trinajstić information content (AvgIpc) is 2.76. The maximum atomic E-state index is 12.1. The molecule has 1 fully saturated rings. The molecule has 0 bridgehead atoms. The van der Waals surface area contributed by atoms with Crippen molar-refractivity contribution in [3.63, 3.8) is 0 Å². The molecule has 1 aromatic rings. The van der Waals surface area contributed by atoms with E-state index < -0.39 is 24.1 Å². The summed E-state index contributed by atoms with van der Waals surface area (Å²) >= 11 is 11.8. The molecule has 0 aromatic heterocycles. The van der Waals surface area contributed by atoms with Gasteiger partial charge < -0.3 is 20.4 Å². The predicted molar refractivity (Wildman–Crippen MR) is 74.2 cm³/mol. The highest BCUT2D eigenvalue weighted by molar-refractivity contribution is 6.39. The van der Waals surface area contributed by atoms with Gasteiger partial charge in [-0.1, -0.05) is 29.3 Å². The van der Waals surface area contributed by atoms with E-state index >= 15 is 0 Å². The standard InChI is InChI=1S/C12H12Cl2N2O4/c13-7-2-1-3-8(14)10(7)15-12(20)16-5-6(17)4-9(16)11(18)19/h1-3,6,9,17H,4-5H2,(H,15,20)(H,18,19). The summed E-state index contributed by atoms with van der Waals surface area (Å²) in [5.74, 6) is -1.16. The number of β-amino-alcohol motifs (C(OH)–C–C–N with tert-alkyl or cyclic N) is 1. The summed E-state index contributed by atoms with van der Waals surface area (Å²) in [4.78, 5) is 24.2. The molecule has 1 aromatic carbocycles. The summed E-state index contributed by atoms with van der Waals surface area (Å²) in [6.45, 7) is -0.0507. The Morgan fingerprint density at radius 2 is 1.90 bits per heavy atom. The average molecular weight is 319 g/mol. The number of anilines is 1. The number of nitrogens with one attached hydrogen (secondary N) is 1. The zero-order chi connectivity index (χ0) is 14.9. The van der Waals surface area contributed by atoms with E-state index in [2.05, 4.69) is 5.32 Å². The first-order valence-electron chi connectivity index (χ1n) is 5.82. The summed E-state index contributed by atoms with van der Waals surface area (Å²) in [6, 6.07) is 3.00. The molecule has 0 spiro atoms. The number of urea groups is 1. The minimum absolute atomic E-state index is 0.000985. The third-order valence-corrected chi connectivity index (χ3v) is 3.65. The summed E-state index contributed by atoms with van der Waals surface area (Å²) < 4.78 is 0. The number of carboxylic acid groups (broad SMARTS) is 1. The Morgan fingerprint density at radius 3 is 2.45 bits per heavy atom. The minimum atomic E-state index is -1.16. The second kappa shape index (κ2) is 5.87. The van der Waals surface area contributed by atoms with Gasteiger partial charge in [0.05, 0.1) is 21.8 Å². The molecular formula is C12H12Cl2N2O4. The Kier molecular flexibility index (Phi) is 4.37. The number of carboxylic acids is 1. The molecule has 1 aliphatic rings. The van der Waals surface area contributed by atoms with Crippen LogP contribution in [0.2, 0.25) is 10.0 Å². The number of carbonyl (C=O) groups is 2. The maximum Gasteiger partial charge on any atom is 0.326 e. The molecule has 108 valence electrons. The summed E-state index contributed by atoms with van der Waals surface area (Å²) in [5, 5.41) is 21.5. The lowest BCUT2D eigenvalue weighted by Crippen LogP contribution is -2.43. The van der Waals surface area contributed by atoms with Crippen LogP contribution in [0.4, 0.5) is 10.5 Å². The van der Waals surface area contributed by atoms with Gasteiger partial charge in [0.25, 0.3) is 0 Å². The molecule has 1 aliphatic heterocycles. The van der Waals surface area contributed by atoms with Crippen LogP contribution in [0.15, 0.2) is 18.2 Å². The normalized spacial score (nSPS) is 21.9. The van der Waals surface area contributed by atoms with E-state index in [1.807, 2.05) is 0 Å². The Balaban J connectivity index is 2.18. The molecular weight excluding hydrogens is 307 g/mol. The number of hydrogen-bond acceptors (Lipinski definition) is 3. The van der Waals surface area contributed by atoms with Crippen molar-refractivity contribution in [1.29, 1.82) is 0 Å². The van der Waals surface area contributed by atoms with Gasteiger partial charge in [0, 0.05) is 13.0 Å². The molecule has 2 unspecified atom stereocenters. The minimum Gasteiger partial charge on any atom is -0.480 e. The number of likely N-dealkylation sites (tertiary alicyclic amines) is 1. The number of hydrogen-bond donors (Lipinski definition) is 3. The highest BCUT2D eigenvalue weighted by Crippen LogP contribution is 2.30. The number of rotatable bonds is 2. The number of aliphatic hydroxyl groups is 1. The molecule has 1 saturated heterocycles. The Labute approximate surface area is 124 Å². The Morgan fingerprint density at radius 1 is 1.30 bits per heavy atom. The van der Waals surface area contributed by atoms with Crippen LogP contribution in [-0.2, 0) is 4.79 Å². The third-order valence-electron chi connectivity index (χ3n) is 3.02. The quantitative estimate of drug-likeness (QED) is 0.778. The molecule has 20 heavy (non-hydrogen) atoms. The zero-order valence-electron chi connectivity index (χ0n) is 10.2. The van der Waals surface area contributed by atoms with Crippen molar-refractivity contribution in [3.8, 4) is 0 Å². The number of amides is 2. The molecule has 2 amide bonds. The lowest BCUT2D eigenvalue weighted by Gasteiger charge is -2.22. The fourth-order valence-electron chi connectivity index (χ4n) is 2.07. The smallest absolute Gasteiger partial charge is 0.326 e. The zero-order valence-corrected chi connectivity index (χ0v) is 11.7. The van der Waals surface area contributed by atoms with Crippen LogP contribution < -0.4 is 5.32 Å². The SMILES string of the molecule is O=C(O)C1CC(O)CN1C(=O)Nc1c(Cl)cccc1Cl. The molecule has 6 nitrogen and oxygen atoms in total. The number of aliphatic carboxylic acids is 1. The van der Waals surface area contributed by atoms with E-state index in [9.17, 15) is 14.7 Å².